The van der Waals surface area contributed by atoms with E-state index in [4.69, 9.17) is 14.6 Å². The number of anilines is 1. The predicted octanol–water partition coefficient (Wildman–Crippen LogP) is 5.35. The van der Waals surface area contributed by atoms with Gasteiger partial charge in [0.05, 0.1) is 23.0 Å². The second-order valence-corrected chi connectivity index (χ2v) is 8.26. The summed E-state index contributed by atoms with van der Waals surface area (Å²) in [5.74, 6) is 1.63. The van der Waals surface area contributed by atoms with Crippen molar-refractivity contribution >= 4 is 32.9 Å². The molecule has 1 aliphatic heterocycles. The highest BCUT2D eigenvalue weighted by Crippen LogP contribution is 2.32. The van der Waals surface area contributed by atoms with Gasteiger partial charge in [0.1, 0.15) is 12.4 Å². The first-order valence-corrected chi connectivity index (χ1v) is 11.1. The normalized spacial score (nSPS) is 15.3. The van der Waals surface area contributed by atoms with Crippen LogP contribution in [0.5, 0.6) is 5.75 Å². The first kappa shape index (κ1) is 19.7. The van der Waals surface area contributed by atoms with E-state index in [1.807, 2.05) is 31.2 Å². The molecule has 3 aromatic rings. The van der Waals surface area contributed by atoms with Crippen molar-refractivity contribution in [2.24, 2.45) is 11.1 Å². The molecule has 5 nitrogen and oxygen atoms in total. The van der Waals surface area contributed by atoms with E-state index >= 15 is 0 Å². The molecular weight excluding hydrogens is 382 g/mol. The van der Waals surface area contributed by atoms with Crippen LogP contribution < -0.4 is 9.64 Å². The van der Waals surface area contributed by atoms with Crippen LogP contribution in [0.4, 0.5) is 5.13 Å². The number of hydrogen-bond acceptors (Lipinski definition) is 6. The van der Waals surface area contributed by atoms with Gasteiger partial charge in [0, 0.05) is 13.1 Å². The van der Waals surface area contributed by atoms with Crippen LogP contribution >= 0.6 is 11.3 Å². The van der Waals surface area contributed by atoms with Gasteiger partial charge in [0.15, 0.2) is 5.13 Å². The summed E-state index contributed by atoms with van der Waals surface area (Å²) in [6.07, 6.45) is 5.21. The van der Waals surface area contributed by atoms with Gasteiger partial charge < -0.3 is 14.5 Å². The number of ether oxygens (including phenoxy) is 1. The van der Waals surface area contributed by atoms with E-state index in [0.717, 1.165) is 54.0 Å². The summed E-state index contributed by atoms with van der Waals surface area (Å²) in [6, 6.07) is 16.4. The first-order chi connectivity index (χ1) is 14.3. The summed E-state index contributed by atoms with van der Waals surface area (Å²) in [4.78, 5) is 12.2. The largest absolute Gasteiger partial charge is 0.494 e. The van der Waals surface area contributed by atoms with Crippen molar-refractivity contribution in [3.63, 3.8) is 0 Å². The lowest BCUT2D eigenvalue weighted by Crippen LogP contribution is -2.34. The molecular formula is C23H27N3O2S. The zero-order valence-corrected chi connectivity index (χ0v) is 17.6. The SMILES string of the molecule is CCON=Cc1ccc(OCCC2CCN(c3nc4ccccc4s3)CC2)cc1. The second kappa shape index (κ2) is 9.74. The maximum atomic E-state index is 5.94. The molecule has 2 heterocycles. The highest BCUT2D eigenvalue weighted by molar-refractivity contribution is 7.22. The molecule has 0 unspecified atom stereocenters. The number of benzene rings is 2. The van der Waals surface area contributed by atoms with Crippen LogP contribution in [0.2, 0.25) is 0 Å². The van der Waals surface area contributed by atoms with Crippen molar-refractivity contribution in [2.45, 2.75) is 26.2 Å². The Balaban J connectivity index is 1.20. The Kier molecular flexibility index (Phi) is 6.62. The molecule has 0 saturated carbocycles. The van der Waals surface area contributed by atoms with Gasteiger partial charge in [-0.05, 0) is 74.1 Å². The monoisotopic (exact) mass is 409 g/mol. The molecule has 1 aliphatic rings. The Morgan fingerprint density at radius 2 is 1.93 bits per heavy atom. The van der Waals surface area contributed by atoms with E-state index in [9.17, 15) is 0 Å². The van der Waals surface area contributed by atoms with Crippen molar-refractivity contribution in [2.75, 3.05) is 31.2 Å². The van der Waals surface area contributed by atoms with Crippen molar-refractivity contribution in [3.05, 3.63) is 54.1 Å². The van der Waals surface area contributed by atoms with Crippen LogP contribution in [-0.4, -0.2) is 37.5 Å². The summed E-state index contributed by atoms with van der Waals surface area (Å²) in [6.45, 7) is 5.42. The number of rotatable bonds is 8. The van der Waals surface area contributed by atoms with E-state index in [1.165, 1.54) is 17.5 Å². The lowest BCUT2D eigenvalue weighted by molar-refractivity contribution is 0.160. The molecule has 152 valence electrons. The topological polar surface area (TPSA) is 47.0 Å². The lowest BCUT2D eigenvalue weighted by Gasteiger charge is -2.31. The third kappa shape index (κ3) is 5.26. The van der Waals surface area contributed by atoms with Crippen LogP contribution in [0, 0.1) is 5.92 Å². The summed E-state index contributed by atoms with van der Waals surface area (Å²) in [5, 5.41) is 5.04. The van der Waals surface area contributed by atoms with Crippen LogP contribution in [0.3, 0.4) is 0 Å². The minimum atomic E-state index is 0.581. The molecule has 0 atom stereocenters. The van der Waals surface area contributed by atoms with Gasteiger partial charge in [0.2, 0.25) is 0 Å². The Bertz CT molecular complexity index is 898. The number of para-hydroxylation sites is 1. The Labute approximate surface area is 176 Å². The third-order valence-corrected chi connectivity index (χ3v) is 6.35. The van der Waals surface area contributed by atoms with E-state index in [2.05, 4.69) is 34.3 Å². The van der Waals surface area contributed by atoms with Gasteiger partial charge in [0.25, 0.3) is 0 Å². The molecule has 1 fully saturated rings. The molecule has 0 aliphatic carbocycles. The maximum absolute atomic E-state index is 5.94. The minimum Gasteiger partial charge on any atom is -0.494 e. The summed E-state index contributed by atoms with van der Waals surface area (Å²) in [7, 11) is 0. The molecule has 0 spiro atoms. The van der Waals surface area contributed by atoms with Crippen molar-refractivity contribution in [3.8, 4) is 5.75 Å². The molecule has 1 aromatic heterocycles. The van der Waals surface area contributed by atoms with E-state index in [1.54, 1.807) is 17.6 Å². The fourth-order valence-electron chi connectivity index (χ4n) is 3.57. The number of thiazole rings is 1. The standard InChI is InChI=1S/C23H27N3O2S/c1-2-28-24-17-19-7-9-20(10-8-19)27-16-13-18-11-14-26(15-12-18)23-25-21-5-3-4-6-22(21)29-23/h3-10,17-18H,2,11-16H2,1H3. The molecule has 2 aromatic carbocycles. The highest BCUT2D eigenvalue weighted by atomic mass is 32.1. The summed E-state index contributed by atoms with van der Waals surface area (Å²) in [5.41, 5.74) is 2.12. The molecule has 29 heavy (non-hydrogen) atoms. The van der Waals surface area contributed by atoms with Gasteiger partial charge in [-0.25, -0.2) is 4.98 Å². The van der Waals surface area contributed by atoms with Crippen LogP contribution in [0.15, 0.2) is 53.7 Å². The van der Waals surface area contributed by atoms with Crippen LogP contribution in [0.1, 0.15) is 31.7 Å². The highest BCUT2D eigenvalue weighted by Gasteiger charge is 2.21. The number of piperidine rings is 1. The summed E-state index contributed by atoms with van der Waals surface area (Å²) < 4.78 is 7.21. The Hall–Kier alpha value is -2.60. The van der Waals surface area contributed by atoms with Crippen molar-refractivity contribution < 1.29 is 9.57 Å². The molecule has 0 amide bonds. The fourth-order valence-corrected chi connectivity index (χ4v) is 4.59. The number of aromatic nitrogens is 1. The number of nitrogens with zero attached hydrogens (tertiary/aromatic N) is 3. The Morgan fingerprint density at radius 1 is 1.14 bits per heavy atom. The predicted molar refractivity (Wildman–Crippen MR) is 120 cm³/mol. The van der Waals surface area contributed by atoms with Crippen molar-refractivity contribution in [1.29, 1.82) is 0 Å². The number of oxime groups is 1. The lowest BCUT2D eigenvalue weighted by atomic mass is 9.94. The zero-order chi connectivity index (χ0) is 19.9. The minimum absolute atomic E-state index is 0.581. The molecule has 0 N–H and O–H groups in total. The van der Waals surface area contributed by atoms with Crippen molar-refractivity contribution in [1.82, 2.24) is 4.98 Å². The van der Waals surface area contributed by atoms with Gasteiger partial charge in [-0.3, -0.25) is 0 Å². The average Bonchev–Trinajstić information content (AvgIpc) is 3.20. The van der Waals surface area contributed by atoms with Gasteiger partial charge in [-0.15, -0.1) is 0 Å². The van der Waals surface area contributed by atoms with E-state index < -0.39 is 0 Å². The average molecular weight is 410 g/mol. The second-order valence-electron chi connectivity index (χ2n) is 7.25. The molecule has 0 radical (unpaired) electrons. The van der Waals surface area contributed by atoms with E-state index in [0.29, 0.717) is 6.61 Å². The third-order valence-electron chi connectivity index (χ3n) is 5.25. The smallest absolute Gasteiger partial charge is 0.186 e. The van der Waals surface area contributed by atoms with Crippen LogP contribution in [0.25, 0.3) is 10.2 Å². The van der Waals surface area contributed by atoms with Gasteiger partial charge in [-0.2, -0.15) is 0 Å². The molecule has 0 bridgehead atoms. The zero-order valence-electron chi connectivity index (χ0n) is 16.8. The van der Waals surface area contributed by atoms with Gasteiger partial charge >= 0.3 is 0 Å². The van der Waals surface area contributed by atoms with E-state index in [-0.39, 0.29) is 0 Å². The molecule has 1 saturated heterocycles. The first-order valence-electron chi connectivity index (χ1n) is 10.3. The van der Waals surface area contributed by atoms with Crippen LogP contribution in [-0.2, 0) is 4.84 Å². The molecule has 4 rings (SSSR count). The molecule has 6 heteroatoms. The Morgan fingerprint density at radius 3 is 2.69 bits per heavy atom. The summed E-state index contributed by atoms with van der Waals surface area (Å²) >= 11 is 1.80. The number of fused-ring (bicyclic) bond motifs is 1. The number of hydrogen-bond donors (Lipinski definition) is 0. The quantitative estimate of drug-likeness (QED) is 0.372. The fraction of sp³-hybridized carbons (Fsp3) is 0.391. The maximum Gasteiger partial charge on any atom is 0.186 e. The van der Waals surface area contributed by atoms with Gasteiger partial charge in [-0.1, -0.05) is 28.6 Å².